The van der Waals surface area contributed by atoms with E-state index in [1.165, 1.54) is 0 Å². The molecule has 1 amide bonds. The van der Waals surface area contributed by atoms with Crippen molar-refractivity contribution in [1.29, 1.82) is 0 Å². The number of ether oxygens (including phenoxy) is 1. The zero-order chi connectivity index (χ0) is 35.4. The van der Waals surface area contributed by atoms with Crippen LogP contribution >= 0.6 is 23.2 Å². The molecule has 4 aliphatic rings. The normalized spacial score (nSPS) is 25.2. The molecular formula is C37H50Cl2F4N4O2. The fourth-order valence-corrected chi connectivity index (χ4v) is 7.96. The van der Waals surface area contributed by atoms with Crippen molar-refractivity contribution in [2.75, 3.05) is 39.3 Å². The molecule has 12 heteroatoms. The molecular weight excluding hydrogens is 679 g/mol. The van der Waals surface area contributed by atoms with E-state index in [0.717, 1.165) is 37.1 Å². The van der Waals surface area contributed by atoms with E-state index in [1.54, 1.807) is 17.0 Å². The summed E-state index contributed by atoms with van der Waals surface area (Å²) in [5.41, 5.74) is 1.57. The molecule has 4 fully saturated rings. The first kappa shape index (κ1) is 38.1. The van der Waals surface area contributed by atoms with Gasteiger partial charge in [-0.3, -0.25) is 9.80 Å². The monoisotopic (exact) mass is 728 g/mol. The Kier molecular flexibility index (Phi) is 12.5. The van der Waals surface area contributed by atoms with Crippen LogP contribution in [0.5, 0.6) is 0 Å². The van der Waals surface area contributed by atoms with Gasteiger partial charge < -0.3 is 15.0 Å². The molecule has 0 aromatic heterocycles. The van der Waals surface area contributed by atoms with E-state index in [0.29, 0.717) is 48.8 Å². The van der Waals surface area contributed by atoms with Gasteiger partial charge in [0.05, 0.1) is 13.1 Å². The maximum absolute atomic E-state index is 14.2. The number of hydrogen-bond acceptors (Lipinski definition) is 5. The van der Waals surface area contributed by atoms with Crippen molar-refractivity contribution < 1.29 is 27.1 Å². The van der Waals surface area contributed by atoms with Gasteiger partial charge in [0.2, 0.25) is 0 Å². The van der Waals surface area contributed by atoms with E-state index >= 15 is 0 Å². The van der Waals surface area contributed by atoms with Crippen molar-refractivity contribution >= 4 is 29.3 Å². The Bertz CT molecular complexity index is 1360. The Labute approximate surface area is 298 Å². The SMILES string of the molecule is CC(C)(C)OC(=O)N1CCC(N2CC(F)(F)C[C@@H]2Cc2ccc(Cl)cc2)CC1.FC1(F)C[C@H](Cc2ccc(Cl)cc2)N(C2CCNCC2)C1. The lowest BCUT2D eigenvalue weighted by atomic mass is 9.99. The highest BCUT2D eigenvalue weighted by Crippen LogP contribution is 2.38. The van der Waals surface area contributed by atoms with Crippen LogP contribution in [0.25, 0.3) is 0 Å². The molecule has 2 aromatic rings. The number of nitrogens with zero attached hydrogens (tertiary/aromatic N) is 3. The number of benzene rings is 2. The van der Waals surface area contributed by atoms with Crippen LogP contribution in [0.15, 0.2) is 48.5 Å². The van der Waals surface area contributed by atoms with Crippen LogP contribution < -0.4 is 5.32 Å². The van der Waals surface area contributed by atoms with E-state index < -0.39 is 17.4 Å². The summed E-state index contributed by atoms with van der Waals surface area (Å²) in [6.45, 7) is 8.16. The molecule has 0 bridgehead atoms. The summed E-state index contributed by atoms with van der Waals surface area (Å²) in [6, 6.07) is 15.0. The van der Waals surface area contributed by atoms with Gasteiger partial charge in [0.25, 0.3) is 11.8 Å². The Hall–Kier alpha value is -2.11. The first-order valence-electron chi connectivity index (χ1n) is 17.5. The summed E-state index contributed by atoms with van der Waals surface area (Å²) in [4.78, 5) is 17.9. The molecule has 2 aromatic carbocycles. The number of alkyl halides is 4. The smallest absolute Gasteiger partial charge is 0.410 e. The number of carbonyl (C=O) groups excluding carboxylic acids is 1. The molecule has 4 heterocycles. The van der Waals surface area contributed by atoms with Crippen LogP contribution in [-0.4, -0.2) is 102 Å². The molecule has 272 valence electrons. The molecule has 49 heavy (non-hydrogen) atoms. The molecule has 1 N–H and O–H groups in total. The fourth-order valence-electron chi connectivity index (χ4n) is 7.71. The zero-order valence-electron chi connectivity index (χ0n) is 28.8. The Balaban J connectivity index is 0.000000199. The number of piperidine rings is 2. The molecule has 0 aliphatic carbocycles. The van der Waals surface area contributed by atoms with E-state index in [-0.39, 0.29) is 56.2 Å². The minimum Gasteiger partial charge on any atom is -0.444 e. The van der Waals surface area contributed by atoms with Gasteiger partial charge in [-0.25, -0.2) is 22.4 Å². The molecule has 4 saturated heterocycles. The second-order valence-corrected chi connectivity index (χ2v) is 16.0. The highest BCUT2D eigenvalue weighted by molar-refractivity contribution is 6.30. The van der Waals surface area contributed by atoms with Crippen molar-refractivity contribution in [3.63, 3.8) is 0 Å². The van der Waals surface area contributed by atoms with Crippen LogP contribution in [0.3, 0.4) is 0 Å². The molecule has 0 saturated carbocycles. The van der Waals surface area contributed by atoms with Gasteiger partial charge in [0.15, 0.2) is 0 Å². The predicted molar refractivity (Wildman–Crippen MR) is 187 cm³/mol. The van der Waals surface area contributed by atoms with Crippen LogP contribution in [0, 0.1) is 0 Å². The fraction of sp³-hybridized carbons (Fsp3) is 0.649. The molecule has 2 atom stereocenters. The largest absolute Gasteiger partial charge is 0.444 e. The van der Waals surface area contributed by atoms with Crippen LogP contribution in [0.2, 0.25) is 10.0 Å². The molecule has 6 nitrogen and oxygen atoms in total. The Morgan fingerprint density at radius 3 is 1.57 bits per heavy atom. The summed E-state index contributed by atoms with van der Waals surface area (Å²) in [5, 5.41) is 4.63. The van der Waals surface area contributed by atoms with E-state index in [4.69, 9.17) is 27.9 Å². The number of nitrogens with one attached hydrogen (secondary N) is 1. The van der Waals surface area contributed by atoms with Gasteiger partial charge >= 0.3 is 6.09 Å². The maximum Gasteiger partial charge on any atom is 0.410 e. The Morgan fingerprint density at radius 1 is 0.755 bits per heavy atom. The van der Waals surface area contributed by atoms with Crippen molar-refractivity contribution in [1.82, 2.24) is 20.0 Å². The maximum atomic E-state index is 14.2. The summed E-state index contributed by atoms with van der Waals surface area (Å²) in [7, 11) is 0. The van der Waals surface area contributed by atoms with Gasteiger partial charge in [0.1, 0.15) is 5.60 Å². The standard InChI is InChI=1S/C21H29ClF2N2O2.C16H21ClF2N2/c1-20(2,3)28-19(27)25-10-8-17(9-11-25)26-14-21(23,24)13-18(26)12-15-4-6-16(22)7-5-15;17-13-3-1-12(2-4-13)9-15-10-16(18,19)11-21(15)14-5-7-20-8-6-14/h4-7,17-18H,8-14H2,1-3H3;1-4,14-15,20H,5-11H2/t18-;15-/m00/s1. The minimum absolute atomic E-state index is 0.0282. The molecule has 6 rings (SSSR count). The number of likely N-dealkylation sites (tertiary alicyclic amines) is 3. The Morgan fingerprint density at radius 2 is 1.16 bits per heavy atom. The second kappa shape index (κ2) is 16.1. The number of carbonyl (C=O) groups is 1. The molecule has 0 spiro atoms. The topological polar surface area (TPSA) is 48.1 Å². The predicted octanol–water partition coefficient (Wildman–Crippen LogP) is 8.34. The summed E-state index contributed by atoms with van der Waals surface area (Å²) < 4.78 is 61.6. The van der Waals surface area contributed by atoms with Gasteiger partial charge in [-0.2, -0.15) is 0 Å². The molecule has 0 radical (unpaired) electrons. The zero-order valence-corrected chi connectivity index (χ0v) is 30.3. The quantitative estimate of drug-likeness (QED) is 0.303. The third kappa shape index (κ3) is 11.2. The molecule has 4 aliphatic heterocycles. The van der Waals surface area contributed by atoms with Crippen molar-refractivity contribution in [3.05, 3.63) is 69.7 Å². The first-order valence-corrected chi connectivity index (χ1v) is 18.3. The van der Waals surface area contributed by atoms with Gasteiger partial charge in [0, 0.05) is 60.1 Å². The van der Waals surface area contributed by atoms with Crippen molar-refractivity contribution in [2.45, 2.75) is 114 Å². The average molecular weight is 730 g/mol. The number of amides is 1. The third-order valence-corrected chi connectivity index (χ3v) is 10.5. The van der Waals surface area contributed by atoms with E-state index in [2.05, 4.69) is 10.2 Å². The average Bonchev–Trinajstić information content (AvgIpc) is 3.52. The summed E-state index contributed by atoms with van der Waals surface area (Å²) >= 11 is 11.8. The highest BCUT2D eigenvalue weighted by atomic mass is 35.5. The lowest BCUT2D eigenvalue weighted by Gasteiger charge is -2.39. The first-order chi connectivity index (χ1) is 23.1. The number of rotatable bonds is 6. The third-order valence-electron chi connectivity index (χ3n) is 9.97. The number of halogens is 6. The van der Waals surface area contributed by atoms with Crippen LogP contribution in [-0.2, 0) is 17.6 Å². The number of hydrogen-bond donors (Lipinski definition) is 1. The van der Waals surface area contributed by atoms with Crippen molar-refractivity contribution in [2.24, 2.45) is 0 Å². The van der Waals surface area contributed by atoms with Gasteiger partial charge in [-0.15, -0.1) is 0 Å². The second-order valence-electron chi connectivity index (χ2n) is 15.1. The minimum atomic E-state index is -2.67. The summed E-state index contributed by atoms with van der Waals surface area (Å²) in [6.07, 6.45) is 4.09. The highest BCUT2D eigenvalue weighted by Gasteiger charge is 2.48. The molecule has 0 unspecified atom stereocenters. The van der Waals surface area contributed by atoms with Crippen LogP contribution in [0.4, 0.5) is 22.4 Å². The van der Waals surface area contributed by atoms with Crippen molar-refractivity contribution in [3.8, 4) is 0 Å². The van der Waals surface area contributed by atoms with E-state index in [9.17, 15) is 22.4 Å². The van der Waals surface area contributed by atoms with Gasteiger partial charge in [-0.05, 0) is 108 Å². The van der Waals surface area contributed by atoms with Gasteiger partial charge in [-0.1, -0.05) is 47.5 Å². The summed E-state index contributed by atoms with van der Waals surface area (Å²) in [5.74, 6) is -5.22. The van der Waals surface area contributed by atoms with E-state index in [1.807, 2.05) is 62.1 Å². The van der Waals surface area contributed by atoms with Crippen LogP contribution in [0.1, 0.15) is 70.4 Å². The lowest BCUT2D eigenvalue weighted by molar-refractivity contribution is -0.00314. The lowest BCUT2D eigenvalue weighted by Crippen LogP contribution is -2.49.